The topological polar surface area (TPSA) is 26.3 Å². The van der Waals surface area contributed by atoms with Crippen LogP contribution in [-0.4, -0.2) is 12.6 Å². The smallest absolute Gasteiger partial charge is 0.306 e. The van der Waals surface area contributed by atoms with Crippen LogP contribution in [0.15, 0.2) is 60.8 Å². The first-order valence-electron chi connectivity index (χ1n) is 10.2. The summed E-state index contributed by atoms with van der Waals surface area (Å²) in [5, 5.41) is 0. The lowest BCUT2D eigenvalue weighted by molar-refractivity contribution is -0.143. The van der Waals surface area contributed by atoms with E-state index in [9.17, 15) is 4.79 Å². The highest BCUT2D eigenvalue weighted by molar-refractivity contribution is 5.69. The van der Waals surface area contributed by atoms with Crippen molar-refractivity contribution in [1.29, 1.82) is 0 Å². The average molecular weight is 359 g/mol. The minimum Gasteiger partial charge on any atom is -0.466 e. The molecule has 0 spiro atoms. The molecule has 0 aromatic heterocycles. The molecule has 26 heavy (non-hydrogen) atoms. The number of carbonyl (C=O) groups is 1. The lowest BCUT2D eigenvalue weighted by Crippen LogP contribution is -2.02. The molecule has 0 atom stereocenters. The highest BCUT2D eigenvalue weighted by atomic mass is 16.5. The molecule has 0 N–H and O–H groups in total. The number of rotatable bonds is 16. The summed E-state index contributed by atoms with van der Waals surface area (Å²) in [6, 6.07) is 0. The van der Waals surface area contributed by atoms with Crippen LogP contribution < -0.4 is 0 Å². The molecule has 0 saturated heterocycles. The quantitative estimate of drug-likeness (QED) is 0.165. The standard InChI is InChI=1S/C24H38O2/c1-3-5-6-7-8-9-10-11-12-13-14-15-16-17-18-19-20-21-22-23-24(25)26-4-2/h5-6,9-10,12-13,16-17,20-21H,3-4,7-8,11,14-15,18-19,22-23H2,1-2H3/b6-5+,10-9+,13-12+,17-16+,21-20+. The maximum atomic E-state index is 11.1. The Kier molecular flexibility index (Phi) is 19.7. The fraction of sp³-hybridized carbons (Fsp3) is 0.542. The first-order valence-corrected chi connectivity index (χ1v) is 10.2. The van der Waals surface area contributed by atoms with Crippen molar-refractivity contribution in [2.75, 3.05) is 6.61 Å². The number of hydrogen-bond acceptors (Lipinski definition) is 2. The lowest BCUT2D eigenvalue weighted by atomic mass is 10.2. The third-order valence-electron chi connectivity index (χ3n) is 3.66. The Balaban J connectivity index is 3.43. The summed E-state index contributed by atoms with van der Waals surface area (Å²) in [6.07, 6.45) is 32.3. The van der Waals surface area contributed by atoms with Gasteiger partial charge in [-0.15, -0.1) is 0 Å². The van der Waals surface area contributed by atoms with Gasteiger partial charge in [-0.25, -0.2) is 0 Å². The van der Waals surface area contributed by atoms with Gasteiger partial charge in [0, 0.05) is 6.42 Å². The molecule has 0 aromatic carbocycles. The molecule has 0 aliphatic carbocycles. The highest BCUT2D eigenvalue weighted by Crippen LogP contribution is 2.01. The molecule has 0 heterocycles. The molecule has 0 rings (SSSR count). The third-order valence-corrected chi connectivity index (χ3v) is 3.66. The summed E-state index contributed by atoms with van der Waals surface area (Å²) in [5.41, 5.74) is 0. The number of allylic oxidation sites excluding steroid dienone is 10. The van der Waals surface area contributed by atoms with E-state index in [1.165, 1.54) is 0 Å². The van der Waals surface area contributed by atoms with Crippen LogP contribution >= 0.6 is 0 Å². The number of esters is 1. The Hall–Kier alpha value is -1.83. The summed E-state index contributed by atoms with van der Waals surface area (Å²) in [6.45, 7) is 4.47. The molecule has 0 aliphatic heterocycles. The molecule has 0 unspecified atom stereocenters. The van der Waals surface area contributed by atoms with E-state index < -0.39 is 0 Å². The molecule has 0 aromatic rings. The van der Waals surface area contributed by atoms with E-state index in [0.29, 0.717) is 13.0 Å². The Morgan fingerprint density at radius 1 is 0.615 bits per heavy atom. The normalized spacial score (nSPS) is 12.5. The van der Waals surface area contributed by atoms with Crippen molar-refractivity contribution >= 4 is 5.97 Å². The molecule has 0 fully saturated rings. The molecule has 0 amide bonds. The van der Waals surface area contributed by atoms with Crippen molar-refractivity contribution in [2.24, 2.45) is 0 Å². The second-order valence-electron chi connectivity index (χ2n) is 6.08. The number of unbranched alkanes of at least 4 members (excludes halogenated alkanes) is 3. The molecule has 0 bridgehead atoms. The van der Waals surface area contributed by atoms with Gasteiger partial charge in [-0.1, -0.05) is 67.7 Å². The van der Waals surface area contributed by atoms with Crippen LogP contribution in [0, 0.1) is 0 Å². The van der Waals surface area contributed by atoms with Crippen molar-refractivity contribution in [3.63, 3.8) is 0 Å². The molecular formula is C24H38O2. The molecular weight excluding hydrogens is 320 g/mol. The van der Waals surface area contributed by atoms with Crippen LogP contribution in [0.5, 0.6) is 0 Å². The second kappa shape index (κ2) is 21.2. The second-order valence-corrected chi connectivity index (χ2v) is 6.08. The van der Waals surface area contributed by atoms with Crippen molar-refractivity contribution in [2.45, 2.75) is 78.1 Å². The van der Waals surface area contributed by atoms with Gasteiger partial charge in [-0.2, -0.15) is 0 Å². The summed E-state index contributed by atoms with van der Waals surface area (Å²) < 4.78 is 4.88. The largest absolute Gasteiger partial charge is 0.466 e. The van der Waals surface area contributed by atoms with Crippen LogP contribution in [0.25, 0.3) is 0 Å². The van der Waals surface area contributed by atoms with E-state index in [0.717, 1.165) is 57.8 Å². The first kappa shape index (κ1) is 24.2. The van der Waals surface area contributed by atoms with Gasteiger partial charge in [0.05, 0.1) is 6.61 Å². The predicted molar refractivity (Wildman–Crippen MR) is 114 cm³/mol. The van der Waals surface area contributed by atoms with Crippen LogP contribution in [0.3, 0.4) is 0 Å². The number of hydrogen-bond donors (Lipinski definition) is 0. The van der Waals surface area contributed by atoms with E-state index >= 15 is 0 Å². The zero-order valence-electron chi connectivity index (χ0n) is 16.9. The predicted octanol–water partition coefficient (Wildman–Crippen LogP) is 7.25. The molecule has 2 heteroatoms. The van der Waals surface area contributed by atoms with E-state index in [1.807, 2.05) is 6.92 Å². The first-order chi connectivity index (χ1) is 12.8. The maximum Gasteiger partial charge on any atom is 0.306 e. The van der Waals surface area contributed by atoms with Gasteiger partial charge in [-0.05, 0) is 64.7 Å². The summed E-state index contributed by atoms with van der Waals surface area (Å²) in [7, 11) is 0. The molecule has 2 nitrogen and oxygen atoms in total. The van der Waals surface area contributed by atoms with Gasteiger partial charge in [0.2, 0.25) is 0 Å². The maximum absolute atomic E-state index is 11.1. The number of ether oxygens (including phenoxy) is 1. The van der Waals surface area contributed by atoms with Crippen LogP contribution in [0.4, 0.5) is 0 Å². The van der Waals surface area contributed by atoms with E-state index in [2.05, 4.69) is 67.7 Å². The van der Waals surface area contributed by atoms with Crippen molar-refractivity contribution in [3.05, 3.63) is 60.8 Å². The number of carbonyl (C=O) groups excluding carboxylic acids is 1. The van der Waals surface area contributed by atoms with Gasteiger partial charge in [0.25, 0.3) is 0 Å². The SMILES string of the molecule is CC/C=C/CC/C=C/C/C=C/CC/C=C/CC/C=C/CCC(=O)OCC. The van der Waals surface area contributed by atoms with Crippen molar-refractivity contribution in [3.8, 4) is 0 Å². The van der Waals surface area contributed by atoms with E-state index in [1.54, 1.807) is 0 Å². The van der Waals surface area contributed by atoms with Gasteiger partial charge < -0.3 is 4.74 Å². The summed E-state index contributed by atoms with van der Waals surface area (Å²) in [4.78, 5) is 11.1. The zero-order chi connectivity index (χ0) is 19.1. The lowest BCUT2D eigenvalue weighted by Gasteiger charge is -1.97. The van der Waals surface area contributed by atoms with Crippen LogP contribution in [0.2, 0.25) is 0 Å². The monoisotopic (exact) mass is 358 g/mol. The Morgan fingerprint density at radius 2 is 1.04 bits per heavy atom. The molecule has 0 aliphatic rings. The average Bonchev–Trinajstić information content (AvgIpc) is 2.64. The molecule has 0 radical (unpaired) electrons. The summed E-state index contributed by atoms with van der Waals surface area (Å²) >= 11 is 0. The van der Waals surface area contributed by atoms with E-state index in [4.69, 9.17) is 4.74 Å². The molecule has 0 saturated carbocycles. The van der Waals surface area contributed by atoms with Gasteiger partial charge in [0.15, 0.2) is 0 Å². The van der Waals surface area contributed by atoms with Crippen molar-refractivity contribution in [1.82, 2.24) is 0 Å². The van der Waals surface area contributed by atoms with E-state index in [-0.39, 0.29) is 5.97 Å². The third kappa shape index (κ3) is 20.2. The van der Waals surface area contributed by atoms with Gasteiger partial charge in [-0.3, -0.25) is 4.79 Å². The van der Waals surface area contributed by atoms with Crippen molar-refractivity contribution < 1.29 is 9.53 Å². The van der Waals surface area contributed by atoms with Crippen LogP contribution in [0.1, 0.15) is 78.1 Å². The fourth-order valence-corrected chi connectivity index (χ4v) is 2.27. The Morgan fingerprint density at radius 3 is 1.50 bits per heavy atom. The minimum atomic E-state index is -0.107. The summed E-state index contributed by atoms with van der Waals surface area (Å²) in [5.74, 6) is -0.107. The Labute approximate surface area is 161 Å². The van der Waals surface area contributed by atoms with Crippen LogP contribution in [-0.2, 0) is 9.53 Å². The Bertz CT molecular complexity index is 453. The minimum absolute atomic E-state index is 0.107. The zero-order valence-corrected chi connectivity index (χ0v) is 16.9. The van der Waals surface area contributed by atoms with Gasteiger partial charge in [0.1, 0.15) is 0 Å². The van der Waals surface area contributed by atoms with Gasteiger partial charge >= 0.3 is 5.97 Å². The fourth-order valence-electron chi connectivity index (χ4n) is 2.27. The highest BCUT2D eigenvalue weighted by Gasteiger charge is 1.97. The molecule has 146 valence electrons.